The smallest absolute Gasteiger partial charge is 0.147 e. The maximum absolute atomic E-state index is 13.6. The number of nitrogens with one attached hydrogen (secondary N) is 1. The van der Waals surface area contributed by atoms with Gasteiger partial charge in [0.05, 0.1) is 16.9 Å². The molecule has 0 aliphatic heterocycles. The molecular weight excluding hydrogens is 297 g/mol. The lowest BCUT2D eigenvalue weighted by Crippen LogP contribution is -1.97. The highest BCUT2D eigenvalue weighted by atomic mass is 79.9. The Labute approximate surface area is 112 Å². The lowest BCUT2D eigenvalue weighted by molar-refractivity contribution is 0.631. The van der Waals surface area contributed by atoms with Gasteiger partial charge in [-0.2, -0.15) is 5.26 Å². The van der Waals surface area contributed by atoms with Crippen LogP contribution in [0.3, 0.4) is 0 Å². The van der Waals surface area contributed by atoms with Crippen molar-refractivity contribution in [1.29, 1.82) is 5.26 Å². The van der Waals surface area contributed by atoms with Crippen molar-refractivity contribution in [3.05, 3.63) is 52.3 Å². The number of nitrogen functional groups attached to an aromatic ring is 1. The van der Waals surface area contributed by atoms with E-state index in [1.807, 2.05) is 6.07 Å². The van der Waals surface area contributed by atoms with Crippen LogP contribution in [-0.2, 0) is 0 Å². The molecule has 0 aliphatic rings. The molecule has 0 bridgehead atoms. The molecule has 0 saturated carbocycles. The van der Waals surface area contributed by atoms with Gasteiger partial charge in [-0.1, -0.05) is 6.07 Å². The molecule has 0 fully saturated rings. The van der Waals surface area contributed by atoms with Crippen LogP contribution in [0, 0.1) is 17.1 Å². The number of hydrogen-bond acceptors (Lipinski definition) is 3. The van der Waals surface area contributed by atoms with Crippen LogP contribution in [0.5, 0.6) is 0 Å². The summed E-state index contributed by atoms with van der Waals surface area (Å²) < 4.78 is 14.2. The van der Waals surface area contributed by atoms with Crippen LogP contribution >= 0.6 is 15.9 Å². The van der Waals surface area contributed by atoms with Crippen molar-refractivity contribution in [2.75, 3.05) is 11.1 Å². The predicted octanol–water partition coefficient (Wildman–Crippen LogP) is 3.79. The first-order valence-electron chi connectivity index (χ1n) is 5.12. The van der Waals surface area contributed by atoms with Crippen LogP contribution in [0.2, 0.25) is 0 Å². The van der Waals surface area contributed by atoms with Crippen molar-refractivity contribution >= 4 is 33.0 Å². The molecule has 2 aromatic rings. The van der Waals surface area contributed by atoms with Crippen LogP contribution in [0.1, 0.15) is 5.56 Å². The summed E-state index contributed by atoms with van der Waals surface area (Å²) in [4.78, 5) is 0. The number of benzene rings is 2. The number of para-hydroxylation sites is 1. The number of hydrogen-bond donors (Lipinski definition) is 2. The second kappa shape index (κ2) is 5.07. The van der Waals surface area contributed by atoms with E-state index < -0.39 is 0 Å². The SMILES string of the molecule is N#Cc1ccc(Nc2c(F)cccc2Br)cc1N. The molecule has 0 spiro atoms. The van der Waals surface area contributed by atoms with Crippen molar-refractivity contribution < 1.29 is 4.39 Å². The average Bonchev–Trinajstić information content (AvgIpc) is 2.34. The van der Waals surface area contributed by atoms with Gasteiger partial charge in [0.1, 0.15) is 11.9 Å². The van der Waals surface area contributed by atoms with E-state index in [-0.39, 0.29) is 5.82 Å². The molecule has 0 amide bonds. The minimum atomic E-state index is -0.368. The van der Waals surface area contributed by atoms with Gasteiger partial charge >= 0.3 is 0 Å². The Morgan fingerprint density at radius 2 is 2.06 bits per heavy atom. The Hall–Kier alpha value is -2.06. The van der Waals surface area contributed by atoms with E-state index in [0.717, 1.165) is 0 Å². The fourth-order valence-corrected chi connectivity index (χ4v) is 1.95. The molecule has 0 unspecified atom stereocenters. The first kappa shape index (κ1) is 12.4. The molecule has 5 heteroatoms. The second-order valence-corrected chi connectivity index (χ2v) is 4.49. The highest BCUT2D eigenvalue weighted by Crippen LogP contribution is 2.29. The summed E-state index contributed by atoms with van der Waals surface area (Å²) in [5.41, 5.74) is 7.40. The van der Waals surface area contributed by atoms with E-state index in [9.17, 15) is 4.39 Å². The highest BCUT2D eigenvalue weighted by Gasteiger charge is 2.07. The number of rotatable bonds is 2. The van der Waals surface area contributed by atoms with Gasteiger partial charge in [-0.05, 0) is 46.3 Å². The minimum absolute atomic E-state index is 0.335. The summed E-state index contributed by atoms with van der Waals surface area (Å²) in [6.45, 7) is 0. The van der Waals surface area contributed by atoms with Gasteiger partial charge in [0.2, 0.25) is 0 Å². The third-order valence-corrected chi connectivity index (χ3v) is 3.06. The standard InChI is InChI=1S/C13H9BrFN3/c14-10-2-1-3-11(15)13(10)18-9-5-4-8(7-16)12(17)6-9/h1-6,18H,17H2. The largest absolute Gasteiger partial charge is 0.398 e. The Balaban J connectivity index is 2.35. The highest BCUT2D eigenvalue weighted by molar-refractivity contribution is 9.10. The molecule has 0 atom stereocenters. The summed E-state index contributed by atoms with van der Waals surface area (Å²) in [7, 11) is 0. The van der Waals surface area contributed by atoms with E-state index in [4.69, 9.17) is 11.0 Å². The van der Waals surface area contributed by atoms with E-state index in [1.54, 1.807) is 30.3 Å². The van der Waals surface area contributed by atoms with Crippen LogP contribution < -0.4 is 11.1 Å². The molecule has 0 aromatic heterocycles. The molecular formula is C13H9BrFN3. The molecule has 0 radical (unpaired) electrons. The minimum Gasteiger partial charge on any atom is -0.398 e. The maximum atomic E-state index is 13.6. The van der Waals surface area contributed by atoms with Crippen molar-refractivity contribution in [3.63, 3.8) is 0 Å². The molecule has 0 aliphatic carbocycles. The molecule has 0 heterocycles. The van der Waals surface area contributed by atoms with Gasteiger partial charge in [-0.25, -0.2) is 4.39 Å². The average molecular weight is 306 g/mol. The molecule has 2 aromatic carbocycles. The topological polar surface area (TPSA) is 61.8 Å². The number of halogens is 2. The van der Waals surface area contributed by atoms with Crippen molar-refractivity contribution in [3.8, 4) is 6.07 Å². The van der Waals surface area contributed by atoms with Crippen LogP contribution in [0.25, 0.3) is 0 Å². The molecule has 0 saturated heterocycles. The summed E-state index contributed by atoms with van der Waals surface area (Å²) in [5, 5.41) is 11.7. The van der Waals surface area contributed by atoms with E-state index in [1.165, 1.54) is 6.07 Å². The quantitative estimate of drug-likeness (QED) is 0.830. The first-order valence-corrected chi connectivity index (χ1v) is 5.92. The fourth-order valence-electron chi connectivity index (χ4n) is 1.50. The molecule has 90 valence electrons. The third-order valence-electron chi connectivity index (χ3n) is 2.40. The second-order valence-electron chi connectivity index (χ2n) is 3.64. The van der Waals surface area contributed by atoms with Gasteiger partial charge in [0.25, 0.3) is 0 Å². The molecule has 3 nitrogen and oxygen atoms in total. The van der Waals surface area contributed by atoms with Gasteiger partial charge in [-0.3, -0.25) is 0 Å². The normalized spacial score (nSPS) is 9.83. The van der Waals surface area contributed by atoms with Crippen LogP contribution in [0.4, 0.5) is 21.5 Å². The summed E-state index contributed by atoms with van der Waals surface area (Å²) in [6, 6.07) is 11.5. The van der Waals surface area contributed by atoms with Gasteiger partial charge in [0, 0.05) is 10.2 Å². The monoisotopic (exact) mass is 305 g/mol. The lowest BCUT2D eigenvalue weighted by Gasteiger charge is -2.10. The van der Waals surface area contributed by atoms with Gasteiger partial charge < -0.3 is 11.1 Å². The Morgan fingerprint density at radius 3 is 2.67 bits per heavy atom. The van der Waals surface area contributed by atoms with E-state index >= 15 is 0 Å². The molecule has 2 rings (SSSR count). The molecule has 3 N–H and O–H groups in total. The summed E-state index contributed by atoms with van der Waals surface area (Å²) in [5.74, 6) is -0.368. The number of nitrogens with two attached hydrogens (primary N) is 1. The summed E-state index contributed by atoms with van der Waals surface area (Å²) >= 11 is 3.27. The van der Waals surface area contributed by atoms with E-state index in [0.29, 0.717) is 27.1 Å². The fraction of sp³-hybridized carbons (Fsp3) is 0. The zero-order chi connectivity index (χ0) is 13.1. The van der Waals surface area contributed by atoms with Gasteiger partial charge in [-0.15, -0.1) is 0 Å². The lowest BCUT2D eigenvalue weighted by atomic mass is 10.1. The third kappa shape index (κ3) is 2.44. The predicted molar refractivity (Wildman–Crippen MR) is 73.0 cm³/mol. The number of nitriles is 1. The zero-order valence-electron chi connectivity index (χ0n) is 9.24. The van der Waals surface area contributed by atoms with E-state index in [2.05, 4.69) is 21.2 Å². The Bertz CT molecular complexity index is 614. The van der Waals surface area contributed by atoms with Crippen molar-refractivity contribution in [2.24, 2.45) is 0 Å². The Morgan fingerprint density at radius 1 is 1.28 bits per heavy atom. The maximum Gasteiger partial charge on any atom is 0.147 e. The van der Waals surface area contributed by atoms with Crippen molar-refractivity contribution in [2.45, 2.75) is 0 Å². The summed E-state index contributed by atoms with van der Waals surface area (Å²) in [6.07, 6.45) is 0. The number of nitrogens with zero attached hydrogens (tertiary/aromatic N) is 1. The number of anilines is 3. The van der Waals surface area contributed by atoms with Crippen molar-refractivity contribution in [1.82, 2.24) is 0 Å². The molecule has 18 heavy (non-hydrogen) atoms. The van der Waals surface area contributed by atoms with Gasteiger partial charge in [0.15, 0.2) is 0 Å². The first-order chi connectivity index (χ1) is 8.61. The van der Waals surface area contributed by atoms with Crippen LogP contribution in [0.15, 0.2) is 40.9 Å². The zero-order valence-corrected chi connectivity index (χ0v) is 10.8. The van der Waals surface area contributed by atoms with Crippen LogP contribution in [-0.4, -0.2) is 0 Å². The Kier molecular flexibility index (Phi) is 3.49.